The summed E-state index contributed by atoms with van der Waals surface area (Å²) in [7, 11) is 1.67. The highest BCUT2D eigenvalue weighted by molar-refractivity contribution is 5.99. The molecule has 0 atom stereocenters. The Labute approximate surface area is 157 Å². The summed E-state index contributed by atoms with van der Waals surface area (Å²) in [6.45, 7) is 1.38. The van der Waals surface area contributed by atoms with E-state index < -0.39 is 0 Å². The molecular weight excluding hydrogens is 338 g/mol. The van der Waals surface area contributed by atoms with Gasteiger partial charge in [-0.15, -0.1) is 0 Å². The number of piperidine rings is 1. The molecule has 3 aromatic rings. The van der Waals surface area contributed by atoms with E-state index in [1.807, 2.05) is 48.7 Å². The number of ketones is 1. The van der Waals surface area contributed by atoms with Crippen molar-refractivity contribution in [1.29, 1.82) is 5.26 Å². The van der Waals surface area contributed by atoms with Gasteiger partial charge in [-0.3, -0.25) is 9.78 Å². The summed E-state index contributed by atoms with van der Waals surface area (Å²) in [6.07, 6.45) is 2.96. The van der Waals surface area contributed by atoms with E-state index in [-0.39, 0.29) is 0 Å². The van der Waals surface area contributed by atoms with Crippen molar-refractivity contribution in [3.8, 4) is 22.9 Å². The van der Waals surface area contributed by atoms with E-state index in [4.69, 9.17) is 15.0 Å². The van der Waals surface area contributed by atoms with Gasteiger partial charge in [-0.05, 0) is 23.8 Å². The maximum atomic E-state index is 11.6. The number of methoxy groups -OCH3 is 1. The van der Waals surface area contributed by atoms with Crippen LogP contribution < -0.4 is 9.64 Å². The van der Waals surface area contributed by atoms with Crippen LogP contribution in [0.25, 0.3) is 22.0 Å². The number of rotatable bonds is 3. The van der Waals surface area contributed by atoms with E-state index in [1.54, 1.807) is 7.11 Å². The maximum Gasteiger partial charge on any atom is 0.153 e. The number of carbonyl (C=O) groups excluding carboxylic acids is 1. The van der Waals surface area contributed by atoms with Crippen LogP contribution in [0.1, 0.15) is 18.4 Å². The highest BCUT2D eigenvalue weighted by Crippen LogP contribution is 2.39. The minimum Gasteiger partial charge on any atom is -0.494 e. The van der Waals surface area contributed by atoms with Crippen LogP contribution in [-0.2, 0) is 4.79 Å². The van der Waals surface area contributed by atoms with Gasteiger partial charge in [0.25, 0.3) is 0 Å². The molecule has 5 nitrogen and oxygen atoms in total. The Kier molecular flexibility index (Phi) is 4.47. The molecule has 5 heteroatoms. The summed E-state index contributed by atoms with van der Waals surface area (Å²) < 4.78 is 5.76. The molecule has 0 radical (unpaired) electrons. The number of ether oxygens (including phenoxy) is 1. The molecule has 0 amide bonds. The highest BCUT2D eigenvalue weighted by atomic mass is 16.5. The number of fused-ring (bicyclic) bond motifs is 1. The lowest BCUT2D eigenvalue weighted by Gasteiger charge is -2.29. The molecule has 2 aromatic carbocycles. The first-order valence-electron chi connectivity index (χ1n) is 8.94. The first-order chi connectivity index (χ1) is 13.2. The van der Waals surface area contributed by atoms with Gasteiger partial charge in [-0.1, -0.05) is 24.3 Å². The van der Waals surface area contributed by atoms with Crippen LogP contribution in [0.15, 0.2) is 48.7 Å². The van der Waals surface area contributed by atoms with E-state index in [1.165, 1.54) is 0 Å². The van der Waals surface area contributed by atoms with Crippen LogP contribution >= 0.6 is 0 Å². The zero-order valence-corrected chi connectivity index (χ0v) is 15.1. The van der Waals surface area contributed by atoms with Crippen molar-refractivity contribution in [3.63, 3.8) is 0 Å². The van der Waals surface area contributed by atoms with Crippen LogP contribution in [0.5, 0.6) is 5.75 Å². The monoisotopic (exact) mass is 357 g/mol. The smallest absolute Gasteiger partial charge is 0.153 e. The molecule has 4 rings (SSSR count). The van der Waals surface area contributed by atoms with Crippen molar-refractivity contribution in [1.82, 2.24) is 4.98 Å². The van der Waals surface area contributed by atoms with Crippen molar-refractivity contribution in [2.24, 2.45) is 0 Å². The second-order valence-electron chi connectivity index (χ2n) is 6.59. The first-order valence-corrected chi connectivity index (χ1v) is 8.94. The van der Waals surface area contributed by atoms with Crippen LogP contribution in [0.2, 0.25) is 0 Å². The van der Waals surface area contributed by atoms with Crippen molar-refractivity contribution in [3.05, 3.63) is 54.2 Å². The molecule has 1 aliphatic rings. The second kappa shape index (κ2) is 7.08. The molecule has 0 spiro atoms. The third kappa shape index (κ3) is 3.11. The molecule has 0 unspecified atom stereocenters. The molecule has 2 heterocycles. The molecule has 1 saturated heterocycles. The average Bonchev–Trinajstić information content (AvgIpc) is 2.73. The fourth-order valence-corrected chi connectivity index (χ4v) is 3.58. The molecule has 1 aromatic heterocycles. The Hall–Kier alpha value is -3.39. The Bertz CT molecular complexity index is 1040. The van der Waals surface area contributed by atoms with E-state index >= 15 is 0 Å². The van der Waals surface area contributed by atoms with Crippen molar-refractivity contribution in [2.45, 2.75) is 12.8 Å². The minimum atomic E-state index is 0.307. The van der Waals surface area contributed by atoms with Gasteiger partial charge in [-0.25, -0.2) is 0 Å². The molecule has 0 N–H and O–H groups in total. The Balaban J connectivity index is 1.82. The standard InChI is InChI=1S/C22H19N3O2/c1-27-22-19-4-2-3-18(16-7-5-15(13-23)6-8-16)21(19)24-14-20(22)25-11-9-17(26)10-12-25/h2-8,14H,9-12H2,1H3. The summed E-state index contributed by atoms with van der Waals surface area (Å²) in [5.74, 6) is 1.09. The number of para-hydroxylation sites is 1. The van der Waals surface area contributed by atoms with Crippen molar-refractivity contribution in [2.75, 3.05) is 25.1 Å². The fraction of sp³-hybridized carbons (Fsp3) is 0.227. The van der Waals surface area contributed by atoms with Crippen molar-refractivity contribution < 1.29 is 9.53 Å². The summed E-state index contributed by atoms with van der Waals surface area (Å²) in [4.78, 5) is 18.5. The summed E-state index contributed by atoms with van der Waals surface area (Å²) >= 11 is 0. The number of anilines is 1. The van der Waals surface area contributed by atoms with Gasteiger partial charge >= 0.3 is 0 Å². The van der Waals surface area contributed by atoms with Gasteiger partial charge in [0.05, 0.1) is 36.1 Å². The molecule has 134 valence electrons. The Morgan fingerprint density at radius 1 is 1.11 bits per heavy atom. The average molecular weight is 357 g/mol. The molecular formula is C22H19N3O2. The van der Waals surface area contributed by atoms with E-state index in [0.717, 1.165) is 33.5 Å². The number of hydrogen-bond acceptors (Lipinski definition) is 5. The lowest BCUT2D eigenvalue weighted by molar-refractivity contribution is -0.119. The predicted molar refractivity (Wildman–Crippen MR) is 105 cm³/mol. The van der Waals surface area contributed by atoms with Crippen LogP contribution in [0.3, 0.4) is 0 Å². The molecule has 0 aliphatic carbocycles. The number of benzene rings is 2. The fourth-order valence-electron chi connectivity index (χ4n) is 3.58. The number of nitrogens with zero attached hydrogens (tertiary/aromatic N) is 3. The van der Waals surface area contributed by atoms with E-state index in [9.17, 15) is 4.79 Å². The summed E-state index contributed by atoms with van der Waals surface area (Å²) in [5.41, 5.74) is 4.41. The highest BCUT2D eigenvalue weighted by Gasteiger charge is 2.22. The lowest BCUT2D eigenvalue weighted by atomic mass is 10.00. The molecule has 1 aliphatic heterocycles. The zero-order chi connectivity index (χ0) is 18.8. The number of pyridine rings is 1. The molecule has 0 bridgehead atoms. The largest absolute Gasteiger partial charge is 0.494 e. The zero-order valence-electron chi connectivity index (χ0n) is 15.1. The normalized spacial score (nSPS) is 14.2. The Morgan fingerprint density at radius 3 is 2.52 bits per heavy atom. The number of aromatic nitrogens is 1. The lowest BCUT2D eigenvalue weighted by Crippen LogP contribution is -2.34. The Morgan fingerprint density at radius 2 is 1.85 bits per heavy atom. The van der Waals surface area contributed by atoms with E-state index in [0.29, 0.717) is 37.3 Å². The SMILES string of the molecule is COc1c(N2CCC(=O)CC2)cnc2c(-c3ccc(C#N)cc3)cccc12. The molecule has 1 fully saturated rings. The maximum absolute atomic E-state index is 11.6. The third-order valence-corrected chi connectivity index (χ3v) is 5.02. The van der Waals surface area contributed by atoms with Gasteiger partial charge in [-0.2, -0.15) is 5.26 Å². The van der Waals surface area contributed by atoms with Crippen LogP contribution in [0.4, 0.5) is 5.69 Å². The summed E-state index contributed by atoms with van der Waals surface area (Å²) in [6, 6.07) is 15.7. The van der Waals surface area contributed by atoms with E-state index in [2.05, 4.69) is 11.0 Å². The van der Waals surface area contributed by atoms with Gasteiger partial charge in [0.2, 0.25) is 0 Å². The predicted octanol–water partition coefficient (Wildman–Crippen LogP) is 3.95. The second-order valence-corrected chi connectivity index (χ2v) is 6.59. The molecule has 0 saturated carbocycles. The topological polar surface area (TPSA) is 66.2 Å². The third-order valence-electron chi connectivity index (χ3n) is 5.02. The number of hydrogen-bond donors (Lipinski definition) is 0. The number of Topliss-reactive ketones (excluding diaryl/α,β-unsaturated/α-hetero) is 1. The van der Waals surface area contributed by atoms with Gasteiger partial charge in [0, 0.05) is 36.9 Å². The number of carbonyl (C=O) groups is 1. The van der Waals surface area contributed by atoms with Gasteiger partial charge < -0.3 is 9.64 Å². The quantitative estimate of drug-likeness (QED) is 0.710. The van der Waals surface area contributed by atoms with Gasteiger partial charge in [0.1, 0.15) is 5.78 Å². The van der Waals surface area contributed by atoms with Crippen LogP contribution in [0, 0.1) is 11.3 Å². The van der Waals surface area contributed by atoms with Crippen LogP contribution in [-0.4, -0.2) is 31.0 Å². The summed E-state index contributed by atoms with van der Waals surface area (Å²) in [5, 5.41) is 9.94. The van der Waals surface area contributed by atoms with Gasteiger partial charge in [0.15, 0.2) is 5.75 Å². The first kappa shape index (κ1) is 17.0. The van der Waals surface area contributed by atoms with Crippen molar-refractivity contribution >= 4 is 22.4 Å². The number of nitriles is 1. The minimum absolute atomic E-state index is 0.307. The molecule has 27 heavy (non-hydrogen) atoms.